The molecule has 1 amide bonds. The van der Waals surface area contributed by atoms with Crippen molar-refractivity contribution in [1.29, 1.82) is 0 Å². The topological polar surface area (TPSA) is 42.2 Å². The van der Waals surface area contributed by atoms with Crippen LogP contribution in [0.25, 0.3) is 11.0 Å². The van der Waals surface area contributed by atoms with Crippen LogP contribution in [0.2, 0.25) is 0 Å². The molecular formula is C17H21NO2. The number of nitrogens with one attached hydrogen (secondary N) is 1. The fourth-order valence-corrected chi connectivity index (χ4v) is 2.92. The van der Waals surface area contributed by atoms with Crippen LogP contribution in [0, 0.1) is 5.92 Å². The lowest BCUT2D eigenvalue weighted by Gasteiger charge is -2.09. The largest absolute Gasteiger partial charge is 0.461 e. The van der Waals surface area contributed by atoms with Gasteiger partial charge in [0.1, 0.15) is 11.3 Å². The van der Waals surface area contributed by atoms with E-state index in [2.05, 4.69) is 25.2 Å². The standard InChI is InChI=1S/C17H21NO2/c1-11(2)9-17(19)18-12-7-8-16-14(10-12)13-5-3-4-6-15(13)20-16/h7-8,10-11H,3-6,9H2,1-2H3,(H,18,19). The Bertz CT molecular complexity index is 640. The summed E-state index contributed by atoms with van der Waals surface area (Å²) in [7, 11) is 0. The monoisotopic (exact) mass is 271 g/mol. The van der Waals surface area contributed by atoms with Crippen molar-refractivity contribution in [3.63, 3.8) is 0 Å². The first-order chi connectivity index (χ1) is 9.63. The Morgan fingerprint density at radius 1 is 1.30 bits per heavy atom. The van der Waals surface area contributed by atoms with Crippen molar-refractivity contribution in [2.75, 3.05) is 5.32 Å². The van der Waals surface area contributed by atoms with Gasteiger partial charge in [-0.1, -0.05) is 13.8 Å². The first kappa shape index (κ1) is 13.2. The second-order valence-electron chi connectivity index (χ2n) is 6.07. The van der Waals surface area contributed by atoms with Gasteiger partial charge in [0, 0.05) is 29.5 Å². The van der Waals surface area contributed by atoms with Crippen molar-refractivity contribution in [3.05, 3.63) is 29.5 Å². The Labute approximate surface area is 119 Å². The van der Waals surface area contributed by atoms with E-state index in [1.54, 1.807) is 0 Å². The molecule has 0 aliphatic heterocycles. The molecule has 1 aliphatic carbocycles. The minimum Gasteiger partial charge on any atom is -0.461 e. The van der Waals surface area contributed by atoms with Gasteiger partial charge >= 0.3 is 0 Å². The zero-order chi connectivity index (χ0) is 14.1. The molecule has 1 N–H and O–H groups in total. The highest BCUT2D eigenvalue weighted by Gasteiger charge is 2.18. The van der Waals surface area contributed by atoms with Crippen LogP contribution in [0.5, 0.6) is 0 Å². The molecule has 0 atom stereocenters. The molecule has 3 rings (SSSR count). The summed E-state index contributed by atoms with van der Waals surface area (Å²) in [6.07, 6.45) is 5.13. The number of carbonyl (C=O) groups is 1. The summed E-state index contributed by atoms with van der Waals surface area (Å²) in [5, 5.41) is 4.15. The number of anilines is 1. The third-order valence-electron chi connectivity index (χ3n) is 3.83. The van der Waals surface area contributed by atoms with Crippen LogP contribution in [0.4, 0.5) is 5.69 Å². The van der Waals surface area contributed by atoms with E-state index >= 15 is 0 Å². The summed E-state index contributed by atoms with van der Waals surface area (Å²) >= 11 is 0. The fourth-order valence-electron chi connectivity index (χ4n) is 2.92. The van der Waals surface area contributed by atoms with Gasteiger partial charge in [0.15, 0.2) is 0 Å². The zero-order valence-electron chi connectivity index (χ0n) is 12.2. The highest BCUT2D eigenvalue weighted by Crippen LogP contribution is 2.33. The van der Waals surface area contributed by atoms with Gasteiger partial charge in [-0.3, -0.25) is 4.79 Å². The molecular weight excluding hydrogens is 250 g/mol. The van der Waals surface area contributed by atoms with E-state index in [-0.39, 0.29) is 5.91 Å². The van der Waals surface area contributed by atoms with Gasteiger partial charge < -0.3 is 9.73 Å². The molecule has 1 aromatic carbocycles. The van der Waals surface area contributed by atoms with E-state index in [1.165, 1.54) is 23.8 Å². The number of rotatable bonds is 3. The number of hydrogen-bond acceptors (Lipinski definition) is 2. The van der Waals surface area contributed by atoms with Gasteiger partial charge in [-0.2, -0.15) is 0 Å². The summed E-state index contributed by atoms with van der Waals surface area (Å²) in [5.74, 6) is 1.59. The van der Waals surface area contributed by atoms with Gasteiger partial charge in [-0.05, 0) is 43.4 Å². The van der Waals surface area contributed by atoms with Crippen LogP contribution in [-0.4, -0.2) is 5.91 Å². The molecule has 0 fully saturated rings. The zero-order valence-corrected chi connectivity index (χ0v) is 12.2. The maximum absolute atomic E-state index is 11.9. The number of benzene rings is 1. The van der Waals surface area contributed by atoms with E-state index in [1.807, 2.05) is 12.1 Å². The Hall–Kier alpha value is -1.77. The second kappa shape index (κ2) is 5.31. The van der Waals surface area contributed by atoms with E-state index in [0.717, 1.165) is 29.9 Å². The molecule has 0 radical (unpaired) electrons. The second-order valence-corrected chi connectivity index (χ2v) is 6.07. The Morgan fingerprint density at radius 3 is 2.90 bits per heavy atom. The Morgan fingerprint density at radius 2 is 2.10 bits per heavy atom. The maximum Gasteiger partial charge on any atom is 0.224 e. The lowest BCUT2D eigenvalue weighted by atomic mass is 9.96. The molecule has 106 valence electrons. The molecule has 20 heavy (non-hydrogen) atoms. The van der Waals surface area contributed by atoms with E-state index in [0.29, 0.717) is 12.3 Å². The van der Waals surface area contributed by atoms with E-state index in [9.17, 15) is 4.79 Å². The molecule has 0 unspecified atom stereocenters. The number of furan rings is 1. The molecule has 3 nitrogen and oxygen atoms in total. The quantitative estimate of drug-likeness (QED) is 0.904. The SMILES string of the molecule is CC(C)CC(=O)Nc1ccc2oc3c(c2c1)CCCC3. The minimum absolute atomic E-state index is 0.0803. The number of carbonyl (C=O) groups excluding carboxylic acids is 1. The molecule has 2 aromatic rings. The third-order valence-corrected chi connectivity index (χ3v) is 3.83. The lowest BCUT2D eigenvalue weighted by Crippen LogP contribution is -2.13. The van der Waals surface area contributed by atoms with Crippen molar-refractivity contribution in [2.45, 2.75) is 46.0 Å². The summed E-state index contributed by atoms with van der Waals surface area (Å²) in [4.78, 5) is 11.9. The van der Waals surface area contributed by atoms with Gasteiger partial charge in [0.25, 0.3) is 0 Å². The van der Waals surface area contributed by atoms with Crippen LogP contribution < -0.4 is 5.32 Å². The number of amides is 1. The van der Waals surface area contributed by atoms with Gasteiger partial charge in [-0.25, -0.2) is 0 Å². The van der Waals surface area contributed by atoms with Crippen LogP contribution in [0.3, 0.4) is 0 Å². The maximum atomic E-state index is 11.9. The van der Waals surface area contributed by atoms with Crippen LogP contribution in [0.15, 0.2) is 22.6 Å². The van der Waals surface area contributed by atoms with Crippen molar-refractivity contribution in [2.24, 2.45) is 5.92 Å². The lowest BCUT2D eigenvalue weighted by molar-refractivity contribution is -0.116. The highest BCUT2D eigenvalue weighted by molar-refractivity contribution is 5.94. The van der Waals surface area contributed by atoms with Crippen LogP contribution in [-0.2, 0) is 17.6 Å². The van der Waals surface area contributed by atoms with Gasteiger partial charge in [0.2, 0.25) is 5.91 Å². The molecule has 1 heterocycles. The molecule has 1 aliphatic rings. The summed E-state index contributed by atoms with van der Waals surface area (Å²) in [6.45, 7) is 4.10. The molecule has 0 saturated heterocycles. The summed E-state index contributed by atoms with van der Waals surface area (Å²) in [6, 6.07) is 5.95. The van der Waals surface area contributed by atoms with Gasteiger partial charge in [-0.15, -0.1) is 0 Å². The average molecular weight is 271 g/mol. The van der Waals surface area contributed by atoms with Crippen LogP contribution >= 0.6 is 0 Å². The predicted octanol–water partition coefficient (Wildman–Crippen LogP) is 4.30. The first-order valence-electron chi connectivity index (χ1n) is 7.47. The van der Waals surface area contributed by atoms with Crippen molar-refractivity contribution < 1.29 is 9.21 Å². The minimum atomic E-state index is 0.0803. The first-order valence-corrected chi connectivity index (χ1v) is 7.47. The van der Waals surface area contributed by atoms with Gasteiger partial charge in [0.05, 0.1) is 0 Å². The summed E-state index contributed by atoms with van der Waals surface area (Å²) < 4.78 is 5.90. The third kappa shape index (κ3) is 2.58. The van der Waals surface area contributed by atoms with E-state index < -0.39 is 0 Å². The number of fused-ring (bicyclic) bond motifs is 3. The Kier molecular flexibility index (Phi) is 3.51. The number of hydrogen-bond donors (Lipinski definition) is 1. The van der Waals surface area contributed by atoms with Crippen LogP contribution in [0.1, 0.15) is 44.4 Å². The van der Waals surface area contributed by atoms with Crippen molar-refractivity contribution in [1.82, 2.24) is 0 Å². The average Bonchev–Trinajstić information content (AvgIpc) is 2.76. The van der Waals surface area contributed by atoms with Crippen molar-refractivity contribution >= 4 is 22.6 Å². The fraction of sp³-hybridized carbons (Fsp3) is 0.471. The smallest absolute Gasteiger partial charge is 0.224 e. The van der Waals surface area contributed by atoms with Crippen molar-refractivity contribution in [3.8, 4) is 0 Å². The molecule has 3 heteroatoms. The molecule has 0 spiro atoms. The molecule has 0 bridgehead atoms. The molecule has 0 saturated carbocycles. The Balaban J connectivity index is 1.88. The molecule has 1 aromatic heterocycles. The predicted molar refractivity (Wildman–Crippen MR) is 80.9 cm³/mol. The highest BCUT2D eigenvalue weighted by atomic mass is 16.3. The normalized spacial score (nSPS) is 14.6. The summed E-state index contributed by atoms with van der Waals surface area (Å²) in [5.41, 5.74) is 3.15. The van der Waals surface area contributed by atoms with E-state index in [4.69, 9.17) is 4.42 Å². The number of aryl methyl sites for hydroxylation is 2.